The molecule has 3 heteroatoms. The summed E-state index contributed by atoms with van der Waals surface area (Å²) in [7, 11) is 0. The molecule has 2 N–H and O–H groups in total. The molecule has 0 radical (unpaired) electrons. The van der Waals surface area contributed by atoms with Crippen molar-refractivity contribution in [2.45, 2.75) is 70.5 Å². The molecule has 1 aliphatic rings. The van der Waals surface area contributed by atoms with Gasteiger partial charge in [-0.15, -0.1) is 0 Å². The Morgan fingerprint density at radius 2 is 1.90 bits per heavy atom. The first-order valence-corrected chi connectivity index (χ1v) is 8.32. The maximum atomic E-state index is 12.7. The van der Waals surface area contributed by atoms with Crippen LogP contribution in [-0.2, 0) is 11.3 Å². The molecular weight excluding hydrogens is 260 g/mol. The van der Waals surface area contributed by atoms with Crippen LogP contribution in [-0.4, -0.2) is 22.9 Å². The second-order valence-electron chi connectivity index (χ2n) is 6.14. The fourth-order valence-corrected chi connectivity index (χ4v) is 3.21. The second kappa shape index (κ2) is 8.18. The minimum absolute atomic E-state index is 0.132. The molecule has 1 aromatic carbocycles. The van der Waals surface area contributed by atoms with E-state index >= 15 is 0 Å². The number of nitrogens with zero attached hydrogens (tertiary/aromatic N) is 1. The Morgan fingerprint density at radius 3 is 2.52 bits per heavy atom. The van der Waals surface area contributed by atoms with Crippen molar-refractivity contribution in [3.63, 3.8) is 0 Å². The van der Waals surface area contributed by atoms with E-state index in [-0.39, 0.29) is 11.9 Å². The van der Waals surface area contributed by atoms with Crippen molar-refractivity contribution in [3.8, 4) is 0 Å². The molecule has 1 saturated carbocycles. The number of amides is 1. The quantitative estimate of drug-likeness (QED) is 0.871. The minimum atomic E-state index is -0.347. The van der Waals surface area contributed by atoms with Gasteiger partial charge in [-0.3, -0.25) is 4.79 Å². The highest BCUT2D eigenvalue weighted by atomic mass is 16.2. The van der Waals surface area contributed by atoms with E-state index in [1.54, 1.807) is 0 Å². The molecule has 1 unspecified atom stereocenters. The lowest BCUT2D eigenvalue weighted by molar-refractivity contribution is -0.136. The Hall–Kier alpha value is -1.35. The van der Waals surface area contributed by atoms with E-state index in [0.717, 1.165) is 25.7 Å². The van der Waals surface area contributed by atoms with Crippen molar-refractivity contribution in [2.24, 2.45) is 5.73 Å². The number of nitrogens with two attached hydrogens (primary N) is 1. The van der Waals surface area contributed by atoms with E-state index in [9.17, 15) is 4.79 Å². The third-order valence-electron chi connectivity index (χ3n) is 4.41. The van der Waals surface area contributed by atoms with Crippen LogP contribution >= 0.6 is 0 Å². The molecule has 1 aromatic rings. The van der Waals surface area contributed by atoms with Crippen LogP contribution in [0, 0.1) is 0 Å². The highest BCUT2D eigenvalue weighted by Crippen LogP contribution is 2.25. The summed E-state index contributed by atoms with van der Waals surface area (Å²) in [5.41, 5.74) is 7.29. The molecule has 0 aromatic heterocycles. The Morgan fingerprint density at radius 1 is 1.24 bits per heavy atom. The van der Waals surface area contributed by atoms with Crippen molar-refractivity contribution < 1.29 is 4.79 Å². The van der Waals surface area contributed by atoms with E-state index in [1.165, 1.54) is 24.8 Å². The number of carbonyl (C=O) groups is 1. The average molecular weight is 288 g/mol. The van der Waals surface area contributed by atoms with Crippen molar-refractivity contribution in [1.82, 2.24) is 4.90 Å². The summed E-state index contributed by atoms with van der Waals surface area (Å²) in [5, 5.41) is 0. The third kappa shape index (κ3) is 4.57. The molecule has 3 nitrogen and oxygen atoms in total. The molecule has 1 aliphatic carbocycles. The molecule has 0 spiro atoms. The van der Waals surface area contributed by atoms with Crippen LogP contribution in [0.2, 0.25) is 0 Å². The molecule has 21 heavy (non-hydrogen) atoms. The Labute approximate surface area is 128 Å². The Balaban J connectivity index is 2.11. The molecular formula is C18H28N2O. The van der Waals surface area contributed by atoms with Gasteiger partial charge in [-0.2, -0.15) is 0 Å². The van der Waals surface area contributed by atoms with Crippen molar-refractivity contribution in [1.29, 1.82) is 0 Å². The van der Waals surface area contributed by atoms with Crippen LogP contribution in [0.1, 0.15) is 57.4 Å². The molecule has 0 saturated heterocycles. The molecule has 1 atom stereocenters. The van der Waals surface area contributed by atoms with Crippen LogP contribution in [0.3, 0.4) is 0 Å². The van der Waals surface area contributed by atoms with Crippen LogP contribution in [0.4, 0.5) is 0 Å². The first-order chi connectivity index (χ1) is 10.2. The van der Waals surface area contributed by atoms with Gasteiger partial charge in [0.05, 0.1) is 6.04 Å². The summed E-state index contributed by atoms with van der Waals surface area (Å²) in [4.78, 5) is 14.8. The maximum absolute atomic E-state index is 12.7. The lowest BCUT2D eigenvalue weighted by Crippen LogP contribution is -2.48. The summed E-state index contributed by atoms with van der Waals surface area (Å²) in [6, 6.07) is 10.3. The van der Waals surface area contributed by atoms with Crippen molar-refractivity contribution in [3.05, 3.63) is 35.9 Å². The normalized spacial score (nSPS) is 17.4. The van der Waals surface area contributed by atoms with Crippen molar-refractivity contribution in [2.75, 3.05) is 0 Å². The predicted molar refractivity (Wildman–Crippen MR) is 86.7 cm³/mol. The largest absolute Gasteiger partial charge is 0.334 e. The van der Waals surface area contributed by atoms with E-state index < -0.39 is 0 Å². The average Bonchev–Trinajstić information content (AvgIpc) is 2.54. The summed E-state index contributed by atoms with van der Waals surface area (Å²) in [6.07, 6.45) is 7.73. The Bertz CT molecular complexity index is 426. The SMILES string of the molecule is CCCC(N)C(=O)N(Cc1ccccc1)C1CCCCC1. The van der Waals surface area contributed by atoms with Gasteiger partial charge in [0.2, 0.25) is 5.91 Å². The van der Waals surface area contributed by atoms with Crippen LogP contribution in [0.15, 0.2) is 30.3 Å². The number of rotatable bonds is 6. The zero-order valence-electron chi connectivity index (χ0n) is 13.1. The molecule has 0 aliphatic heterocycles. The summed E-state index contributed by atoms with van der Waals surface area (Å²) >= 11 is 0. The minimum Gasteiger partial charge on any atom is -0.334 e. The standard InChI is InChI=1S/C18H28N2O/c1-2-9-17(19)18(21)20(16-12-7-4-8-13-16)14-15-10-5-3-6-11-15/h3,5-6,10-11,16-17H,2,4,7-9,12-14,19H2,1H3. The van der Waals surface area contributed by atoms with E-state index in [4.69, 9.17) is 5.73 Å². The molecule has 2 rings (SSSR count). The number of carbonyl (C=O) groups excluding carboxylic acids is 1. The first kappa shape index (κ1) is 16.0. The van der Waals surface area contributed by atoms with Gasteiger partial charge in [-0.25, -0.2) is 0 Å². The first-order valence-electron chi connectivity index (χ1n) is 8.32. The second-order valence-corrected chi connectivity index (χ2v) is 6.14. The smallest absolute Gasteiger partial charge is 0.240 e. The van der Waals surface area contributed by atoms with E-state index in [0.29, 0.717) is 12.6 Å². The third-order valence-corrected chi connectivity index (χ3v) is 4.41. The molecule has 0 heterocycles. The maximum Gasteiger partial charge on any atom is 0.240 e. The molecule has 1 amide bonds. The van der Waals surface area contributed by atoms with E-state index in [2.05, 4.69) is 24.0 Å². The fraction of sp³-hybridized carbons (Fsp3) is 0.611. The van der Waals surface area contributed by atoms with Gasteiger partial charge < -0.3 is 10.6 Å². The summed E-state index contributed by atoms with van der Waals surface area (Å²) in [5.74, 6) is 0.132. The Kier molecular flexibility index (Phi) is 6.24. The van der Waals surface area contributed by atoms with Crippen molar-refractivity contribution >= 4 is 5.91 Å². The number of hydrogen-bond donors (Lipinski definition) is 1. The van der Waals surface area contributed by atoms with Crippen LogP contribution in [0.5, 0.6) is 0 Å². The molecule has 1 fully saturated rings. The lowest BCUT2D eigenvalue weighted by atomic mass is 9.93. The summed E-state index contributed by atoms with van der Waals surface area (Å²) in [6.45, 7) is 2.77. The van der Waals surface area contributed by atoms with E-state index in [1.807, 2.05) is 18.2 Å². The topological polar surface area (TPSA) is 46.3 Å². The molecule has 116 valence electrons. The van der Waals surface area contributed by atoms with Gasteiger partial charge in [0.15, 0.2) is 0 Å². The van der Waals surface area contributed by atoms with Gasteiger partial charge in [0.25, 0.3) is 0 Å². The summed E-state index contributed by atoms with van der Waals surface area (Å²) < 4.78 is 0. The van der Waals surface area contributed by atoms with Crippen LogP contribution in [0.25, 0.3) is 0 Å². The van der Waals surface area contributed by atoms with Gasteiger partial charge in [0.1, 0.15) is 0 Å². The highest BCUT2D eigenvalue weighted by Gasteiger charge is 2.28. The zero-order valence-corrected chi connectivity index (χ0v) is 13.1. The predicted octanol–water partition coefficient (Wildman–Crippen LogP) is 3.48. The van der Waals surface area contributed by atoms with Gasteiger partial charge in [-0.05, 0) is 24.8 Å². The van der Waals surface area contributed by atoms with Gasteiger partial charge >= 0.3 is 0 Å². The highest BCUT2D eigenvalue weighted by molar-refractivity contribution is 5.82. The van der Waals surface area contributed by atoms with Gasteiger partial charge in [0, 0.05) is 12.6 Å². The van der Waals surface area contributed by atoms with Gasteiger partial charge in [-0.1, -0.05) is 62.9 Å². The molecule has 0 bridgehead atoms. The monoisotopic (exact) mass is 288 g/mol. The fourth-order valence-electron chi connectivity index (χ4n) is 3.21. The zero-order chi connectivity index (χ0) is 15.1. The number of benzene rings is 1. The van der Waals surface area contributed by atoms with Crippen LogP contribution < -0.4 is 5.73 Å². The number of hydrogen-bond acceptors (Lipinski definition) is 2. The lowest BCUT2D eigenvalue weighted by Gasteiger charge is -2.36.